The highest BCUT2D eigenvalue weighted by atomic mass is 32.2. The summed E-state index contributed by atoms with van der Waals surface area (Å²) in [5.41, 5.74) is -2.57. The molecule has 28 heavy (non-hydrogen) atoms. The Balaban J connectivity index is 2.02. The topological polar surface area (TPSA) is 65.1 Å². The molecule has 0 saturated carbocycles. The van der Waals surface area contributed by atoms with Crippen molar-refractivity contribution in [2.45, 2.75) is 50.0 Å². The third-order valence-electron chi connectivity index (χ3n) is 5.42. The average Bonchev–Trinajstić information content (AvgIpc) is 2.82. The summed E-state index contributed by atoms with van der Waals surface area (Å²) in [6, 6.07) is 3.09. The van der Waals surface area contributed by atoms with E-state index in [0.717, 1.165) is 16.4 Å². The van der Waals surface area contributed by atoms with E-state index in [-0.39, 0.29) is 31.8 Å². The summed E-state index contributed by atoms with van der Waals surface area (Å²) in [6.07, 6.45) is -4.85. The molecule has 1 aromatic carbocycles. The minimum atomic E-state index is -4.85. The molecule has 0 bridgehead atoms. The monoisotopic (exact) mass is 421 g/mol. The lowest BCUT2D eigenvalue weighted by molar-refractivity contribution is -0.139. The van der Waals surface area contributed by atoms with Crippen LogP contribution in [0.4, 0.5) is 13.2 Å². The van der Waals surface area contributed by atoms with Crippen LogP contribution in [-0.4, -0.2) is 57.3 Å². The third-order valence-corrected chi connectivity index (χ3v) is 7.38. The van der Waals surface area contributed by atoms with Gasteiger partial charge in [-0.15, -0.1) is 0 Å². The van der Waals surface area contributed by atoms with E-state index < -0.39 is 45.0 Å². The molecule has 6 nitrogen and oxygen atoms in total. The molecule has 0 aliphatic carbocycles. The van der Waals surface area contributed by atoms with Crippen molar-refractivity contribution in [3.05, 3.63) is 23.8 Å². The molecule has 156 valence electrons. The normalized spacial score (nSPS) is 23.2. The Morgan fingerprint density at radius 1 is 1.04 bits per heavy atom. The molecular weight excluding hydrogens is 398 g/mol. The van der Waals surface area contributed by atoms with Gasteiger partial charge in [0.05, 0.1) is 34.9 Å². The van der Waals surface area contributed by atoms with Crippen molar-refractivity contribution in [2.75, 3.05) is 26.3 Å². The molecule has 2 aliphatic rings. The standard InChI is InChI=1S/C17H23BF3NO5S/c1-15(2)16(3,4)27-18(26-15)12-5-6-14(13(11-12)17(19,20)21)28(23,24)22-7-9-25-10-8-22/h5-6,11H,7-10H2,1-4H3. The number of hydrogen-bond donors (Lipinski definition) is 0. The molecule has 0 atom stereocenters. The summed E-state index contributed by atoms with van der Waals surface area (Å²) < 4.78 is 84.5. The van der Waals surface area contributed by atoms with Crippen LogP contribution in [0.3, 0.4) is 0 Å². The van der Waals surface area contributed by atoms with E-state index in [2.05, 4.69) is 0 Å². The van der Waals surface area contributed by atoms with Gasteiger partial charge in [0.15, 0.2) is 0 Å². The average molecular weight is 421 g/mol. The first-order chi connectivity index (χ1) is 12.8. The van der Waals surface area contributed by atoms with Gasteiger partial charge in [-0.05, 0) is 45.3 Å². The second-order valence-electron chi connectivity index (χ2n) is 7.86. The first-order valence-electron chi connectivity index (χ1n) is 8.90. The molecule has 0 radical (unpaired) electrons. The van der Waals surface area contributed by atoms with Crippen LogP contribution in [0.1, 0.15) is 33.3 Å². The van der Waals surface area contributed by atoms with E-state index in [9.17, 15) is 21.6 Å². The number of nitrogens with zero attached hydrogens (tertiary/aromatic N) is 1. The molecule has 2 fully saturated rings. The number of benzene rings is 1. The molecule has 11 heteroatoms. The van der Waals surface area contributed by atoms with Gasteiger partial charge >= 0.3 is 13.3 Å². The number of halogens is 3. The second-order valence-corrected chi connectivity index (χ2v) is 9.76. The third kappa shape index (κ3) is 3.82. The van der Waals surface area contributed by atoms with E-state index in [4.69, 9.17) is 14.0 Å². The van der Waals surface area contributed by atoms with E-state index in [1.165, 1.54) is 6.07 Å². The lowest BCUT2D eigenvalue weighted by atomic mass is 9.78. The highest BCUT2D eigenvalue weighted by molar-refractivity contribution is 7.89. The number of hydrogen-bond acceptors (Lipinski definition) is 5. The van der Waals surface area contributed by atoms with Gasteiger partial charge in [0.1, 0.15) is 0 Å². The second kappa shape index (κ2) is 6.98. The van der Waals surface area contributed by atoms with E-state index in [1.807, 2.05) is 0 Å². The van der Waals surface area contributed by atoms with Gasteiger partial charge in [0.25, 0.3) is 0 Å². The van der Waals surface area contributed by atoms with Gasteiger partial charge < -0.3 is 14.0 Å². The SMILES string of the molecule is CC1(C)OB(c2ccc(S(=O)(=O)N3CCOCC3)c(C(F)(F)F)c2)OC1(C)C. The van der Waals surface area contributed by atoms with Gasteiger partial charge in [-0.3, -0.25) is 0 Å². The van der Waals surface area contributed by atoms with Crippen LogP contribution in [-0.2, 0) is 30.2 Å². The molecule has 0 unspecified atom stereocenters. The Hall–Kier alpha value is -1.14. The molecular formula is C17H23BF3NO5S. The zero-order valence-corrected chi connectivity index (χ0v) is 17.0. The minimum absolute atomic E-state index is 0.0125. The maximum Gasteiger partial charge on any atom is 0.494 e. The highest BCUT2D eigenvalue weighted by Gasteiger charge is 2.52. The van der Waals surface area contributed by atoms with Crippen molar-refractivity contribution in [2.24, 2.45) is 0 Å². The molecule has 3 rings (SSSR count). The highest BCUT2D eigenvalue weighted by Crippen LogP contribution is 2.38. The van der Waals surface area contributed by atoms with Crippen LogP contribution in [0.25, 0.3) is 0 Å². The smallest absolute Gasteiger partial charge is 0.399 e. The van der Waals surface area contributed by atoms with Gasteiger partial charge in [-0.2, -0.15) is 17.5 Å². The fraction of sp³-hybridized carbons (Fsp3) is 0.647. The number of ether oxygens (including phenoxy) is 1. The molecule has 1 aromatic rings. The van der Waals surface area contributed by atoms with Crippen molar-refractivity contribution in [3.8, 4) is 0 Å². The van der Waals surface area contributed by atoms with E-state index in [0.29, 0.717) is 0 Å². The summed E-state index contributed by atoms with van der Waals surface area (Å²) in [4.78, 5) is -0.776. The summed E-state index contributed by atoms with van der Waals surface area (Å²) in [7, 11) is -5.33. The molecule has 0 N–H and O–H groups in total. The van der Waals surface area contributed by atoms with E-state index in [1.54, 1.807) is 27.7 Å². The summed E-state index contributed by atoms with van der Waals surface area (Å²) in [6.45, 7) is 7.46. The minimum Gasteiger partial charge on any atom is -0.399 e. The van der Waals surface area contributed by atoms with Gasteiger partial charge in [-0.25, -0.2) is 8.42 Å². The first-order valence-corrected chi connectivity index (χ1v) is 10.3. The molecule has 2 saturated heterocycles. The van der Waals surface area contributed by atoms with Crippen LogP contribution in [0.2, 0.25) is 0 Å². The fourth-order valence-corrected chi connectivity index (χ4v) is 4.65. The summed E-state index contributed by atoms with van der Waals surface area (Å²) >= 11 is 0. The van der Waals surface area contributed by atoms with E-state index >= 15 is 0 Å². The zero-order valence-electron chi connectivity index (χ0n) is 16.2. The number of alkyl halides is 3. The van der Waals surface area contributed by atoms with Crippen LogP contribution in [0, 0.1) is 0 Å². The fourth-order valence-electron chi connectivity index (χ4n) is 3.05. The lowest BCUT2D eigenvalue weighted by Gasteiger charge is -2.32. The van der Waals surface area contributed by atoms with Crippen molar-refractivity contribution in [3.63, 3.8) is 0 Å². The number of rotatable bonds is 3. The predicted molar refractivity (Wildman–Crippen MR) is 96.7 cm³/mol. The molecule has 2 heterocycles. The molecule has 2 aliphatic heterocycles. The maximum absolute atomic E-state index is 13.7. The summed E-state index contributed by atoms with van der Waals surface area (Å²) in [5.74, 6) is 0. The predicted octanol–water partition coefficient (Wildman–Crippen LogP) is 2.03. The van der Waals surface area contributed by atoms with Crippen LogP contribution in [0.15, 0.2) is 23.1 Å². The number of sulfonamides is 1. The van der Waals surface area contributed by atoms with Gasteiger partial charge in [-0.1, -0.05) is 6.07 Å². The Labute approximate surface area is 163 Å². The van der Waals surface area contributed by atoms with Crippen molar-refractivity contribution < 1.29 is 35.6 Å². The Kier molecular flexibility index (Phi) is 5.38. The quantitative estimate of drug-likeness (QED) is 0.699. The van der Waals surface area contributed by atoms with Gasteiger partial charge in [0.2, 0.25) is 10.0 Å². The van der Waals surface area contributed by atoms with Crippen LogP contribution >= 0.6 is 0 Å². The van der Waals surface area contributed by atoms with Crippen LogP contribution < -0.4 is 5.46 Å². The molecule has 0 amide bonds. The number of morpholine rings is 1. The van der Waals surface area contributed by atoms with Crippen molar-refractivity contribution >= 4 is 22.6 Å². The summed E-state index contributed by atoms with van der Waals surface area (Å²) in [5, 5.41) is 0. The largest absolute Gasteiger partial charge is 0.494 e. The lowest BCUT2D eigenvalue weighted by Crippen LogP contribution is -2.42. The van der Waals surface area contributed by atoms with Gasteiger partial charge in [0, 0.05) is 13.1 Å². The molecule has 0 aromatic heterocycles. The first kappa shape index (κ1) is 21.6. The Bertz CT molecular complexity index is 835. The molecule has 0 spiro atoms. The van der Waals surface area contributed by atoms with Crippen molar-refractivity contribution in [1.82, 2.24) is 4.31 Å². The van der Waals surface area contributed by atoms with Crippen LogP contribution in [0.5, 0.6) is 0 Å². The maximum atomic E-state index is 13.7. The Morgan fingerprint density at radius 2 is 1.57 bits per heavy atom. The Morgan fingerprint density at radius 3 is 2.07 bits per heavy atom. The van der Waals surface area contributed by atoms with Crippen molar-refractivity contribution in [1.29, 1.82) is 0 Å². The zero-order chi connectivity index (χ0) is 21.0.